The van der Waals surface area contributed by atoms with E-state index >= 15 is 0 Å². The minimum Gasteiger partial charge on any atom is -0.481 e. The van der Waals surface area contributed by atoms with Crippen molar-refractivity contribution in [2.24, 2.45) is 5.41 Å². The van der Waals surface area contributed by atoms with Gasteiger partial charge in [0.1, 0.15) is 0 Å². The highest BCUT2D eigenvalue weighted by Gasteiger charge is 2.33. The molecule has 0 aliphatic carbocycles. The molecule has 1 heterocycles. The molecule has 8 heteroatoms. The molecule has 0 aliphatic rings. The van der Waals surface area contributed by atoms with Crippen molar-refractivity contribution in [1.29, 1.82) is 0 Å². The molecular weight excluding hydrogens is 407 g/mol. The summed E-state index contributed by atoms with van der Waals surface area (Å²) >= 11 is 8.19. The van der Waals surface area contributed by atoms with E-state index in [2.05, 4.69) is 38.1 Å². The SMILES string of the molecule is CCC(C)(Cn1nnnc1-c1cc(Cl)ccc1I)C(=O)O. The first kappa shape index (κ1) is 16.2. The van der Waals surface area contributed by atoms with Gasteiger partial charge in [-0.2, -0.15) is 0 Å². The summed E-state index contributed by atoms with van der Waals surface area (Å²) < 4.78 is 2.47. The van der Waals surface area contributed by atoms with Crippen molar-refractivity contribution in [2.45, 2.75) is 26.8 Å². The zero-order valence-electron chi connectivity index (χ0n) is 11.5. The van der Waals surface area contributed by atoms with E-state index in [1.165, 1.54) is 4.68 Å². The Morgan fingerprint density at radius 2 is 2.24 bits per heavy atom. The van der Waals surface area contributed by atoms with Gasteiger partial charge in [0.2, 0.25) is 0 Å². The van der Waals surface area contributed by atoms with Crippen LogP contribution in [-0.2, 0) is 11.3 Å². The normalized spacial score (nSPS) is 13.9. The molecule has 112 valence electrons. The number of nitrogens with zero attached hydrogens (tertiary/aromatic N) is 4. The fourth-order valence-electron chi connectivity index (χ4n) is 1.83. The molecule has 1 N–H and O–H groups in total. The van der Waals surface area contributed by atoms with Crippen molar-refractivity contribution in [3.8, 4) is 11.4 Å². The highest BCUT2D eigenvalue weighted by Crippen LogP contribution is 2.29. The first-order valence-electron chi connectivity index (χ1n) is 6.32. The zero-order valence-corrected chi connectivity index (χ0v) is 14.5. The number of carboxylic acids is 1. The van der Waals surface area contributed by atoms with Gasteiger partial charge < -0.3 is 5.11 Å². The van der Waals surface area contributed by atoms with Crippen LogP contribution in [0.1, 0.15) is 20.3 Å². The Morgan fingerprint density at radius 1 is 1.52 bits per heavy atom. The van der Waals surface area contributed by atoms with Gasteiger partial charge >= 0.3 is 5.97 Å². The second-order valence-electron chi connectivity index (χ2n) is 5.00. The summed E-state index contributed by atoms with van der Waals surface area (Å²) in [4.78, 5) is 11.4. The van der Waals surface area contributed by atoms with Gasteiger partial charge in [-0.1, -0.05) is 18.5 Å². The summed E-state index contributed by atoms with van der Waals surface area (Å²) in [5.41, 5.74) is -0.134. The van der Waals surface area contributed by atoms with Crippen LogP contribution in [0.15, 0.2) is 18.2 Å². The van der Waals surface area contributed by atoms with Crippen LogP contribution < -0.4 is 0 Å². The lowest BCUT2D eigenvalue weighted by Crippen LogP contribution is -2.32. The summed E-state index contributed by atoms with van der Waals surface area (Å²) in [6, 6.07) is 5.43. The summed E-state index contributed by atoms with van der Waals surface area (Å²) in [5, 5.41) is 21.6. The van der Waals surface area contributed by atoms with Crippen LogP contribution in [0, 0.1) is 8.99 Å². The summed E-state index contributed by atoms with van der Waals surface area (Å²) in [6.45, 7) is 3.72. The minimum atomic E-state index is -0.922. The number of halogens is 2. The lowest BCUT2D eigenvalue weighted by molar-refractivity contribution is -0.149. The van der Waals surface area contributed by atoms with E-state index in [0.29, 0.717) is 17.3 Å². The Hall–Kier alpha value is -1.22. The van der Waals surface area contributed by atoms with Crippen LogP contribution in [0.2, 0.25) is 5.02 Å². The predicted molar refractivity (Wildman–Crippen MR) is 87.0 cm³/mol. The number of hydrogen-bond acceptors (Lipinski definition) is 4. The van der Waals surface area contributed by atoms with Gasteiger partial charge in [-0.25, -0.2) is 4.68 Å². The number of rotatable bonds is 5. The van der Waals surface area contributed by atoms with E-state index in [4.69, 9.17) is 11.6 Å². The predicted octanol–water partition coefficient (Wildman–Crippen LogP) is 3.10. The third kappa shape index (κ3) is 3.34. The fourth-order valence-corrected chi connectivity index (χ4v) is 2.58. The van der Waals surface area contributed by atoms with Crippen LogP contribution in [-0.4, -0.2) is 31.3 Å². The second-order valence-corrected chi connectivity index (χ2v) is 6.60. The van der Waals surface area contributed by atoms with Crippen LogP contribution in [0.3, 0.4) is 0 Å². The summed E-state index contributed by atoms with van der Waals surface area (Å²) in [5.74, 6) is -0.352. The molecule has 6 nitrogen and oxygen atoms in total. The van der Waals surface area contributed by atoms with Crippen LogP contribution in [0.25, 0.3) is 11.4 Å². The number of aliphatic carboxylic acids is 1. The summed E-state index contributed by atoms with van der Waals surface area (Å²) in [6.07, 6.45) is 0.480. The maximum Gasteiger partial charge on any atom is 0.311 e. The molecule has 0 radical (unpaired) electrons. The standard InChI is InChI=1S/C13H14ClIN4O2/c1-3-13(2,12(20)21)7-19-11(16-17-18-19)9-6-8(14)4-5-10(9)15/h4-6H,3,7H2,1-2H3,(H,20,21). The number of aromatic nitrogens is 4. The topological polar surface area (TPSA) is 80.9 Å². The average molecular weight is 421 g/mol. The number of hydrogen-bond donors (Lipinski definition) is 1. The Balaban J connectivity index is 2.44. The smallest absolute Gasteiger partial charge is 0.311 e. The van der Waals surface area contributed by atoms with Crippen molar-refractivity contribution in [2.75, 3.05) is 0 Å². The number of tetrazole rings is 1. The lowest BCUT2D eigenvalue weighted by atomic mass is 9.88. The lowest BCUT2D eigenvalue weighted by Gasteiger charge is -2.23. The molecule has 1 aromatic carbocycles. The van der Waals surface area contributed by atoms with Gasteiger partial charge in [0.25, 0.3) is 0 Å². The third-order valence-corrected chi connectivity index (χ3v) is 4.67. The number of carbonyl (C=O) groups is 1. The molecule has 0 aliphatic heterocycles. The van der Waals surface area contributed by atoms with Gasteiger partial charge in [0.05, 0.1) is 12.0 Å². The van der Waals surface area contributed by atoms with Gasteiger partial charge in [-0.05, 0) is 64.6 Å². The van der Waals surface area contributed by atoms with E-state index in [0.717, 1.165) is 9.13 Å². The Bertz CT molecular complexity index is 676. The second kappa shape index (κ2) is 6.27. The maximum absolute atomic E-state index is 11.4. The monoisotopic (exact) mass is 420 g/mol. The molecule has 0 fully saturated rings. The molecular formula is C13H14ClIN4O2. The van der Waals surface area contributed by atoms with Crippen LogP contribution in [0.4, 0.5) is 0 Å². The number of benzene rings is 1. The highest BCUT2D eigenvalue weighted by molar-refractivity contribution is 14.1. The summed E-state index contributed by atoms with van der Waals surface area (Å²) in [7, 11) is 0. The van der Waals surface area contributed by atoms with E-state index in [-0.39, 0.29) is 6.54 Å². The molecule has 2 aromatic rings. The average Bonchev–Trinajstić information content (AvgIpc) is 2.89. The Labute approximate surface area is 140 Å². The van der Waals surface area contributed by atoms with Gasteiger partial charge in [0.15, 0.2) is 5.82 Å². The zero-order chi connectivity index (χ0) is 15.6. The number of carboxylic acid groups (broad SMARTS) is 1. The minimum absolute atomic E-state index is 0.198. The van der Waals surface area contributed by atoms with Crippen LogP contribution >= 0.6 is 34.2 Å². The van der Waals surface area contributed by atoms with Crippen molar-refractivity contribution in [3.05, 3.63) is 26.8 Å². The quantitative estimate of drug-likeness (QED) is 0.752. The molecule has 0 spiro atoms. The van der Waals surface area contributed by atoms with Gasteiger partial charge in [-0.15, -0.1) is 5.10 Å². The molecule has 1 unspecified atom stereocenters. The Morgan fingerprint density at radius 3 is 2.86 bits per heavy atom. The molecule has 0 saturated carbocycles. The van der Waals surface area contributed by atoms with Crippen molar-refractivity contribution in [3.63, 3.8) is 0 Å². The van der Waals surface area contributed by atoms with Crippen molar-refractivity contribution in [1.82, 2.24) is 20.2 Å². The van der Waals surface area contributed by atoms with E-state index in [1.54, 1.807) is 19.1 Å². The fraction of sp³-hybridized carbons (Fsp3) is 0.385. The molecule has 1 aromatic heterocycles. The van der Waals surface area contributed by atoms with Crippen LogP contribution in [0.5, 0.6) is 0 Å². The van der Waals surface area contributed by atoms with E-state index < -0.39 is 11.4 Å². The molecule has 1 atom stereocenters. The van der Waals surface area contributed by atoms with E-state index in [9.17, 15) is 9.90 Å². The van der Waals surface area contributed by atoms with Crippen molar-refractivity contribution >= 4 is 40.2 Å². The Kier molecular flexibility index (Phi) is 4.82. The highest BCUT2D eigenvalue weighted by atomic mass is 127. The first-order chi connectivity index (χ1) is 9.87. The first-order valence-corrected chi connectivity index (χ1v) is 7.78. The maximum atomic E-state index is 11.4. The molecule has 21 heavy (non-hydrogen) atoms. The molecule has 0 amide bonds. The van der Waals surface area contributed by atoms with Gasteiger partial charge in [0, 0.05) is 14.2 Å². The third-order valence-electron chi connectivity index (χ3n) is 3.50. The molecule has 0 saturated heterocycles. The largest absolute Gasteiger partial charge is 0.481 e. The molecule has 0 bridgehead atoms. The van der Waals surface area contributed by atoms with Crippen molar-refractivity contribution < 1.29 is 9.90 Å². The van der Waals surface area contributed by atoms with E-state index in [1.807, 2.05) is 13.0 Å². The molecule has 2 rings (SSSR count). The van der Waals surface area contributed by atoms with Gasteiger partial charge in [-0.3, -0.25) is 4.79 Å².